The molecule has 0 N–H and O–H groups in total. The first kappa shape index (κ1) is 14.4. The Bertz CT molecular complexity index is 715. The van der Waals surface area contributed by atoms with Gasteiger partial charge in [-0.05, 0) is 23.8 Å². The van der Waals surface area contributed by atoms with Crippen LogP contribution >= 0.6 is 27.7 Å². The van der Waals surface area contributed by atoms with Crippen LogP contribution in [0, 0.1) is 0 Å². The van der Waals surface area contributed by atoms with Crippen molar-refractivity contribution in [1.82, 2.24) is 10.1 Å². The third-order valence-corrected chi connectivity index (χ3v) is 4.35. The molecule has 1 heterocycles. The highest BCUT2D eigenvalue weighted by atomic mass is 79.9. The molecule has 0 bridgehead atoms. The van der Waals surface area contributed by atoms with Crippen molar-refractivity contribution in [3.8, 4) is 0 Å². The van der Waals surface area contributed by atoms with Gasteiger partial charge in [0.05, 0.1) is 5.75 Å². The van der Waals surface area contributed by atoms with E-state index < -0.39 is 0 Å². The number of benzene rings is 2. The normalized spacial score (nSPS) is 10.7. The average Bonchev–Trinajstić information content (AvgIpc) is 2.94. The summed E-state index contributed by atoms with van der Waals surface area (Å²) in [5, 5.41) is 4.03. The molecule has 0 radical (unpaired) electrons. The molecule has 3 nitrogen and oxygen atoms in total. The summed E-state index contributed by atoms with van der Waals surface area (Å²) in [6, 6.07) is 18.3. The summed E-state index contributed by atoms with van der Waals surface area (Å²) in [7, 11) is 0. The van der Waals surface area contributed by atoms with Crippen molar-refractivity contribution >= 4 is 27.7 Å². The van der Waals surface area contributed by atoms with E-state index in [1.807, 2.05) is 30.3 Å². The highest BCUT2D eigenvalue weighted by molar-refractivity contribution is 9.10. The summed E-state index contributed by atoms with van der Waals surface area (Å²) in [6.07, 6.45) is 0.700. The molecule has 0 spiro atoms. The van der Waals surface area contributed by atoms with Crippen molar-refractivity contribution in [2.45, 2.75) is 17.1 Å². The van der Waals surface area contributed by atoms with Gasteiger partial charge in [0, 0.05) is 15.8 Å². The maximum absolute atomic E-state index is 5.30. The van der Waals surface area contributed by atoms with E-state index in [1.165, 1.54) is 10.5 Å². The minimum Gasteiger partial charge on any atom is -0.338 e. The van der Waals surface area contributed by atoms with Gasteiger partial charge in [0.1, 0.15) is 0 Å². The van der Waals surface area contributed by atoms with Crippen molar-refractivity contribution in [2.24, 2.45) is 0 Å². The lowest BCUT2D eigenvalue weighted by Crippen LogP contribution is -1.90. The average molecular weight is 361 g/mol. The molecule has 2 aromatic carbocycles. The van der Waals surface area contributed by atoms with Crippen LogP contribution < -0.4 is 0 Å². The Hall–Kier alpha value is -1.59. The van der Waals surface area contributed by atoms with E-state index >= 15 is 0 Å². The Morgan fingerprint density at radius 2 is 1.90 bits per heavy atom. The number of nitrogens with zero attached hydrogens (tertiary/aromatic N) is 2. The molecular weight excluding hydrogens is 348 g/mol. The lowest BCUT2D eigenvalue weighted by Gasteiger charge is -1.98. The maximum atomic E-state index is 5.30. The molecule has 0 saturated heterocycles. The smallest absolute Gasteiger partial charge is 0.237 e. The van der Waals surface area contributed by atoms with Crippen molar-refractivity contribution in [3.05, 3.63) is 76.3 Å². The van der Waals surface area contributed by atoms with Crippen molar-refractivity contribution in [3.63, 3.8) is 0 Å². The van der Waals surface area contributed by atoms with Crippen molar-refractivity contribution < 1.29 is 4.52 Å². The van der Waals surface area contributed by atoms with Crippen LogP contribution in [-0.4, -0.2) is 10.1 Å². The number of hydrogen-bond acceptors (Lipinski definition) is 4. The highest BCUT2D eigenvalue weighted by Gasteiger charge is 2.07. The molecule has 21 heavy (non-hydrogen) atoms. The van der Waals surface area contributed by atoms with E-state index in [1.54, 1.807) is 11.8 Å². The Balaban J connectivity index is 1.60. The monoisotopic (exact) mass is 360 g/mol. The molecule has 0 atom stereocenters. The van der Waals surface area contributed by atoms with Gasteiger partial charge in [-0.2, -0.15) is 4.98 Å². The summed E-state index contributed by atoms with van der Waals surface area (Å²) in [5.74, 6) is 2.06. The van der Waals surface area contributed by atoms with E-state index in [2.05, 4.69) is 50.3 Å². The molecule has 0 aliphatic heterocycles. The van der Waals surface area contributed by atoms with Gasteiger partial charge < -0.3 is 4.52 Å². The summed E-state index contributed by atoms with van der Waals surface area (Å²) in [5.41, 5.74) is 1.18. The van der Waals surface area contributed by atoms with E-state index in [0.29, 0.717) is 18.1 Å². The zero-order valence-corrected chi connectivity index (χ0v) is 13.6. The molecule has 106 valence electrons. The zero-order valence-electron chi connectivity index (χ0n) is 11.2. The fourth-order valence-corrected chi connectivity index (χ4v) is 3.24. The van der Waals surface area contributed by atoms with E-state index in [4.69, 9.17) is 4.52 Å². The highest BCUT2D eigenvalue weighted by Crippen LogP contribution is 2.24. The Morgan fingerprint density at radius 1 is 1.05 bits per heavy atom. The molecule has 0 unspecified atom stereocenters. The van der Waals surface area contributed by atoms with Gasteiger partial charge in [0.25, 0.3) is 0 Å². The van der Waals surface area contributed by atoms with Gasteiger partial charge in [-0.15, -0.1) is 11.8 Å². The first-order valence-corrected chi connectivity index (χ1v) is 8.31. The molecule has 3 aromatic rings. The second kappa shape index (κ2) is 6.91. The number of rotatable bonds is 5. The molecular formula is C16H13BrN2OS. The summed E-state index contributed by atoms with van der Waals surface area (Å²) >= 11 is 5.15. The predicted octanol–water partition coefficient (Wildman–Crippen LogP) is 4.72. The first-order valence-electron chi connectivity index (χ1n) is 6.53. The molecule has 0 saturated carbocycles. The zero-order chi connectivity index (χ0) is 14.5. The van der Waals surface area contributed by atoms with Crippen LogP contribution in [0.1, 0.15) is 17.3 Å². The van der Waals surface area contributed by atoms with Crippen LogP contribution in [0.15, 0.2) is 68.5 Å². The van der Waals surface area contributed by atoms with Gasteiger partial charge in [-0.1, -0.05) is 57.5 Å². The second-order valence-electron chi connectivity index (χ2n) is 4.51. The molecule has 5 heteroatoms. The number of hydrogen-bond donors (Lipinski definition) is 0. The topological polar surface area (TPSA) is 38.9 Å². The predicted molar refractivity (Wildman–Crippen MR) is 87.2 cm³/mol. The SMILES string of the molecule is Brc1cccc(SCc2nc(Cc3ccccc3)no2)c1. The van der Waals surface area contributed by atoms with Crippen LogP contribution in [0.5, 0.6) is 0 Å². The molecule has 0 fully saturated rings. The molecule has 0 amide bonds. The maximum Gasteiger partial charge on any atom is 0.237 e. The fraction of sp³-hybridized carbons (Fsp3) is 0.125. The van der Waals surface area contributed by atoms with E-state index in [-0.39, 0.29) is 0 Å². The summed E-state index contributed by atoms with van der Waals surface area (Å²) in [6.45, 7) is 0. The fourth-order valence-electron chi connectivity index (χ4n) is 1.90. The lowest BCUT2D eigenvalue weighted by atomic mass is 10.1. The number of aromatic nitrogens is 2. The van der Waals surface area contributed by atoms with Crippen molar-refractivity contribution in [1.29, 1.82) is 0 Å². The Morgan fingerprint density at radius 3 is 2.71 bits per heavy atom. The second-order valence-corrected chi connectivity index (χ2v) is 6.48. The van der Waals surface area contributed by atoms with Gasteiger partial charge in [0.15, 0.2) is 5.82 Å². The molecule has 0 aliphatic carbocycles. The number of thioether (sulfide) groups is 1. The third-order valence-electron chi connectivity index (χ3n) is 2.87. The minimum absolute atomic E-state index is 0.658. The standard InChI is InChI=1S/C16H13BrN2OS/c17-13-7-4-8-14(10-13)21-11-16-18-15(19-20-16)9-12-5-2-1-3-6-12/h1-8,10H,9,11H2. The van der Waals surface area contributed by atoms with Gasteiger partial charge in [0.2, 0.25) is 5.89 Å². The van der Waals surface area contributed by atoms with E-state index in [9.17, 15) is 0 Å². The summed E-state index contributed by atoms with van der Waals surface area (Å²) < 4.78 is 6.37. The summed E-state index contributed by atoms with van der Waals surface area (Å²) in [4.78, 5) is 5.61. The largest absolute Gasteiger partial charge is 0.338 e. The Kier molecular flexibility index (Phi) is 4.72. The first-order chi connectivity index (χ1) is 10.3. The van der Waals surface area contributed by atoms with Gasteiger partial charge in [-0.3, -0.25) is 0 Å². The van der Waals surface area contributed by atoms with Gasteiger partial charge in [-0.25, -0.2) is 0 Å². The van der Waals surface area contributed by atoms with E-state index in [0.717, 1.165) is 10.3 Å². The molecule has 3 rings (SSSR count). The van der Waals surface area contributed by atoms with Crippen LogP contribution in [0.2, 0.25) is 0 Å². The quantitative estimate of drug-likeness (QED) is 0.617. The third kappa shape index (κ3) is 4.19. The number of halogens is 1. The van der Waals surface area contributed by atoms with Crippen LogP contribution in [0.25, 0.3) is 0 Å². The van der Waals surface area contributed by atoms with Crippen LogP contribution in [-0.2, 0) is 12.2 Å². The van der Waals surface area contributed by atoms with Crippen molar-refractivity contribution in [2.75, 3.05) is 0 Å². The Labute approximate surface area is 135 Å². The minimum atomic E-state index is 0.658. The molecule has 0 aliphatic rings. The van der Waals surface area contributed by atoms with Crippen LogP contribution in [0.3, 0.4) is 0 Å². The van der Waals surface area contributed by atoms with Crippen LogP contribution in [0.4, 0.5) is 0 Å². The van der Waals surface area contributed by atoms with Gasteiger partial charge >= 0.3 is 0 Å². The lowest BCUT2D eigenvalue weighted by molar-refractivity contribution is 0.386. The molecule has 1 aromatic heterocycles.